The zero-order valence-electron chi connectivity index (χ0n) is 12.0. The van der Waals surface area contributed by atoms with Crippen LogP contribution in [0.15, 0.2) is 40.8 Å². The van der Waals surface area contributed by atoms with Crippen molar-refractivity contribution in [2.75, 3.05) is 7.11 Å². The maximum absolute atomic E-state index is 12.2. The molecule has 1 aromatic heterocycles. The molecule has 6 heteroatoms. The van der Waals surface area contributed by atoms with Crippen molar-refractivity contribution in [1.29, 1.82) is 0 Å². The molecule has 0 aliphatic rings. The van der Waals surface area contributed by atoms with Gasteiger partial charge in [0.2, 0.25) is 5.78 Å². The van der Waals surface area contributed by atoms with Gasteiger partial charge < -0.3 is 13.9 Å². The number of methoxy groups -OCH3 is 1. The van der Waals surface area contributed by atoms with Crippen molar-refractivity contribution in [3.8, 4) is 11.5 Å². The first-order chi connectivity index (χ1) is 10.5. The zero-order valence-corrected chi connectivity index (χ0v) is 12.0. The molecule has 0 bridgehead atoms. The Balaban J connectivity index is 2.15. The van der Waals surface area contributed by atoms with Crippen LogP contribution in [0.25, 0.3) is 6.08 Å². The third-order valence-electron chi connectivity index (χ3n) is 2.81. The van der Waals surface area contributed by atoms with Gasteiger partial charge in [0.05, 0.1) is 7.11 Å². The molecule has 1 aromatic carbocycles. The van der Waals surface area contributed by atoms with Crippen LogP contribution >= 0.6 is 0 Å². The Morgan fingerprint density at radius 2 is 2.00 bits per heavy atom. The number of carbonyl (C=O) groups excluding carboxylic acids is 1. The second kappa shape index (κ2) is 6.89. The lowest BCUT2D eigenvalue weighted by atomic mass is 10.1. The minimum absolute atomic E-state index is 0.0670. The molecule has 116 valence electrons. The van der Waals surface area contributed by atoms with Gasteiger partial charge in [-0.25, -0.2) is 0 Å². The van der Waals surface area contributed by atoms with E-state index in [9.17, 15) is 13.6 Å². The number of rotatable bonds is 6. The molecule has 0 radical (unpaired) electrons. The van der Waals surface area contributed by atoms with E-state index in [4.69, 9.17) is 9.15 Å². The maximum atomic E-state index is 12.2. The van der Waals surface area contributed by atoms with Gasteiger partial charge in [-0.15, -0.1) is 0 Å². The summed E-state index contributed by atoms with van der Waals surface area (Å²) in [5.74, 6) is 0.677. The van der Waals surface area contributed by atoms with Crippen molar-refractivity contribution in [1.82, 2.24) is 0 Å². The van der Waals surface area contributed by atoms with Crippen LogP contribution in [0.2, 0.25) is 0 Å². The molecule has 0 fully saturated rings. The molecule has 0 atom stereocenters. The molecular formula is C16H14F2O4. The van der Waals surface area contributed by atoms with Crippen molar-refractivity contribution in [2.45, 2.75) is 13.5 Å². The summed E-state index contributed by atoms with van der Waals surface area (Å²) in [6.07, 6.45) is 2.87. The third kappa shape index (κ3) is 3.94. The van der Waals surface area contributed by atoms with Crippen molar-refractivity contribution in [3.63, 3.8) is 0 Å². The third-order valence-corrected chi connectivity index (χ3v) is 2.81. The van der Waals surface area contributed by atoms with Gasteiger partial charge in [-0.3, -0.25) is 4.79 Å². The number of carbonyl (C=O) groups is 1. The normalized spacial score (nSPS) is 11.1. The molecule has 0 unspecified atom stereocenters. The lowest BCUT2D eigenvalue weighted by molar-refractivity contribution is -0.0512. The molecule has 2 rings (SSSR count). The average Bonchev–Trinajstić information content (AvgIpc) is 2.92. The summed E-state index contributed by atoms with van der Waals surface area (Å²) in [5, 5.41) is 0. The Labute approximate surface area is 126 Å². The summed E-state index contributed by atoms with van der Waals surface area (Å²) in [4.78, 5) is 11.9. The van der Waals surface area contributed by atoms with Gasteiger partial charge in [0.25, 0.3) is 0 Å². The minimum atomic E-state index is -2.93. The van der Waals surface area contributed by atoms with Crippen LogP contribution in [0.4, 0.5) is 8.78 Å². The minimum Gasteiger partial charge on any atom is -0.493 e. The number of hydrogen-bond donors (Lipinski definition) is 0. The van der Waals surface area contributed by atoms with Crippen molar-refractivity contribution >= 4 is 11.9 Å². The van der Waals surface area contributed by atoms with E-state index in [2.05, 4.69) is 4.74 Å². The summed E-state index contributed by atoms with van der Waals surface area (Å²) in [6.45, 7) is -1.19. The molecule has 4 nitrogen and oxygen atoms in total. The van der Waals surface area contributed by atoms with Crippen LogP contribution in [0.3, 0.4) is 0 Å². The topological polar surface area (TPSA) is 48.7 Å². The second-order valence-corrected chi connectivity index (χ2v) is 4.40. The molecule has 0 amide bonds. The molecule has 2 aromatic rings. The molecule has 0 saturated carbocycles. The number of hydrogen-bond acceptors (Lipinski definition) is 4. The Kier molecular flexibility index (Phi) is 4.93. The smallest absolute Gasteiger partial charge is 0.387 e. The van der Waals surface area contributed by atoms with E-state index in [1.165, 1.54) is 37.5 Å². The highest BCUT2D eigenvalue weighted by atomic mass is 19.3. The summed E-state index contributed by atoms with van der Waals surface area (Å²) in [6, 6.07) is 7.67. The van der Waals surface area contributed by atoms with Crippen LogP contribution < -0.4 is 9.47 Å². The monoisotopic (exact) mass is 308 g/mol. The Morgan fingerprint density at radius 1 is 1.23 bits per heavy atom. The second-order valence-electron chi connectivity index (χ2n) is 4.40. The fourth-order valence-corrected chi connectivity index (χ4v) is 1.80. The number of alkyl halides is 2. The summed E-state index contributed by atoms with van der Waals surface area (Å²) in [7, 11) is 1.35. The van der Waals surface area contributed by atoms with Crippen molar-refractivity contribution in [2.24, 2.45) is 0 Å². The van der Waals surface area contributed by atoms with E-state index in [1.807, 2.05) is 0 Å². The van der Waals surface area contributed by atoms with Gasteiger partial charge in [-0.05, 0) is 42.8 Å². The maximum Gasteiger partial charge on any atom is 0.387 e. The fourth-order valence-electron chi connectivity index (χ4n) is 1.80. The van der Waals surface area contributed by atoms with Crippen molar-refractivity contribution in [3.05, 3.63) is 53.5 Å². The highest BCUT2D eigenvalue weighted by Crippen LogP contribution is 2.29. The largest absolute Gasteiger partial charge is 0.493 e. The van der Waals surface area contributed by atoms with Gasteiger partial charge in [0.15, 0.2) is 17.3 Å². The molecule has 0 aliphatic carbocycles. The van der Waals surface area contributed by atoms with E-state index >= 15 is 0 Å². The first-order valence-corrected chi connectivity index (χ1v) is 6.41. The number of ether oxygens (including phenoxy) is 2. The van der Waals surface area contributed by atoms with Crippen LogP contribution in [-0.2, 0) is 0 Å². The van der Waals surface area contributed by atoms with Crippen molar-refractivity contribution < 1.29 is 27.5 Å². The summed E-state index contributed by atoms with van der Waals surface area (Å²) in [5.41, 5.74) is 0.607. The van der Waals surface area contributed by atoms with Gasteiger partial charge in [-0.2, -0.15) is 8.78 Å². The first-order valence-electron chi connectivity index (χ1n) is 6.41. The Morgan fingerprint density at radius 3 is 2.59 bits per heavy atom. The summed E-state index contributed by atoms with van der Waals surface area (Å²) >= 11 is 0. The highest BCUT2D eigenvalue weighted by Gasteiger charge is 2.11. The summed E-state index contributed by atoms with van der Waals surface area (Å²) < 4.78 is 39.0. The van der Waals surface area contributed by atoms with Crippen LogP contribution in [0.5, 0.6) is 11.5 Å². The number of ketones is 1. The lowest BCUT2D eigenvalue weighted by Gasteiger charge is -2.10. The quantitative estimate of drug-likeness (QED) is 0.595. The number of benzene rings is 1. The highest BCUT2D eigenvalue weighted by molar-refractivity contribution is 6.04. The Bertz CT molecular complexity index is 689. The van der Waals surface area contributed by atoms with Gasteiger partial charge in [-0.1, -0.05) is 12.1 Å². The number of furan rings is 1. The van der Waals surface area contributed by atoms with E-state index in [0.29, 0.717) is 11.3 Å². The lowest BCUT2D eigenvalue weighted by Crippen LogP contribution is -2.03. The van der Waals surface area contributed by atoms with Crippen LogP contribution in [0.1, 0.15) is 21.9 Å². The molecule has 22 heavy (non-hydrogen) atoms. The fraction of sp³-hybridized carbons (Fsp3) is 0.188. The number of allylic oxidation sites excluding steroid dienone is 1. The Hall–Kier alpha value is -2.63. The van der Waals surface area contributed by atoms with Gasteiger partial charge in [0.1, 0.15) is 5.76 Å². The molecule has 0 N–H and O–H groups in total. The molecule has 0 aliphatic heterocycles. The van der Waals surface area contributed by atoms with E-state index in [1.54, 1.807) is 19.1 Å². The van der Waals surface area contributed by atoms with Gasteiger partial charge >= 0.3 is 6.61 Å². The first kappa shape index (κ1) is 15.8. The molecule has 1 heterocycles. The predicted molar refractivity (Wildman–Crippen MR) is 76.4 cm³/mol. The molecule has 0 spiro atoms. The standard InChI is InChI=1S/C16H14F2O4/c1-10-3-7-13(21-10)12(19)6-4-11-5-8-14(22-16(17)18)15(9-11)20-2/h3-9,16H,1-2H3/b6-4+. The number of aryl methyl sites for hydroxylation is 1. The number of halogens is 2. The van der Waals surface area contributed by atoms with E-state index < -0.39 is 6.61 Å². The SMILES string of the molecule is COc1cc(/C=C/C(=O)c2ccc(C)o2)ccc1OC(F)F. The van der Waals surface area contributed by atoms with Crippen LogP contribution in [-0.4, -0.2) is 19.5 Å². The predicted octanol–water partition coefficient (Wildman–Crippen LogP) is 4.09. The van der Waals surface area contributed by atoms with Gasteiger partial charge in [0, 0.05) is 0 Å². The average molecular weight is 308 g/mol. The zero-order chi connectivity index (χ0) is 16.1. The molecular weight excluding hydrogens is 294 g/mol. The van der Waals surface area contributed by atoms with E-state index in [-0.39, 0.29) is 23.0 Å². The van der Waals surface area contributed by atoms with E-state index in [0.717, 1.165) is 0 Å². The molecule has 0 saturated heterocycles. The van der Waals surface area contributed by atoms with Crippen LogP contribution in [0, 0.1) is 6.92 Å².